The standard InChI is InChI=1S/C13H20N4O3/c1-2-12(4-3-6-14-12)10(19)17-7-5-13(8-17)9(18)15-11(20)16-13/h14H,2-8H2,1H3,(H2,15,16,18,20). The van der Waals surface area contributed by atoms with Crippen LogP contribution in [0.5, 0.6) is 0 Å². The highest BCUT2D eigenvalue weighted by atomic mass is 16.2. The van der Waals surface area contributed by atoms with Gasteiger partial charge in [-0.25, -0.2) is 4.79 Å². The number of amides is 4. The lowest BCUT2D eigenvalue weighted by Crippen LogP contribution is -2.56. The van der Waals surface area contributed by atoms with E-state index < -0.39 is 17.1 Å². The Bertz CT molecular complexity index is 472. The fourth-order valence-electron chi connectivity index (χ4n) is 3.54. The molecule has 7 nitrogen and oxygen atoms in total. The molecule has 110 valence electrons. The van der Waals surface area contributed by atoms with E-state index in [1.54, 1.807) is 4.90 Å². The maximum absolute atomic E-state index is 12.7. The molecule has 3 aliphatic rings. The highest BCUT2D eigenvalue weighted by molar-refractivity contribution is 6.07. The molecule has 1 spiro atoms. The summed E-state index contributed by atoms with van der Waals surface area (Å²) in [6.45, 7) is 3.64. The molecular formula is C13H20N4O3. The van der Waals surface area contributed by atoms with Crippen LogP contribution in [0.4, 0.5) is 4.79 Å². The van der Waals surface area contributed by atoms with Crippen molar-refractivity contribution in [2.75, 3.05) is 19.6 Å². The van der Waals surface area contributed by atoms with Gasteiger partial charge in [0.25, 0.3) is 5.91 Å². The summed E-state index contributed by atoms with van der Waals surface area (Å²) in [7, 11) is 0. The monoisotopic (exact) mass is 280 g/mol. The lowest BCUT2D eigenvalue weighted by molar-refractivity contribution is -0.137. The minimum Gasteiger partial charge on any atom is -0.338 e. The molecule has 0 aromatic rings. The average Bonchev–Trinajstić information content (AvgIpc) is 3.11. The van der Waals surface area contributed by atoms with Crippen LogP contribution in [0.25, 0.3) is 0 Å². The topological polar surface area (TPSA) is 90.5 Å². The van der Waals surface area contributed by atoms with Gasteiger partial charge in [-0.05, 0) is 32.2 Å². The molecule has 3 aliphatic heterocycles. The van der Waals surface area contributed by atoms with E-state index in [0.717, 1.165) is 25.8 Å². The minimum atomic E-state index is -0.916. The van der Waals surface area contributed by atoms with Gasteiger partial charge in [0.1, 0.15) is 5.54 Å². The Morgan fingerprint density at radius 2 is 2.15 bits per heavy atom. The van der Waals surface area contributed by atoms with Crippen LogP contribution in [0.1, 0.15) is 32.6 Å². The number of urea groups is 1. The first-order valence-corrected chi connectivity index (χ1v) is 7.19. The average molecular weight is 280 g/mol. The van der Waals surface area contributed by atoms with Crippen LogP contribution < -0.4 is 16.0 Å². The fourth-order valence-corrected chi connectivity index (χ4v) is 3.54. The maximum Gasteiger partial charge on any atom is 0.322 e. The van der Waals surface area contributed by atoms with Crippen molar-refractivity contribution in [3.8, 4) is 0 Å². The fraction of sp³-hybridized carbons (Fsp3) is 0.769. The maximum atomic E-state index is 12.7. The van der Waals surface area contributed by atoms with Gasteiger partial charge in [-0.15, -0.1) is 0 Å². The number of rotatable bonds is 2. The summed E-state index contributed by atoms with van der Waals surface area (Å²) in [5.74, 6) is -0.258. The zero-order valence-electron chi connectivity index (χ0n) is 11.6. The van der Waals surface area contributed by atoms with Crippen LogP contribution in [0.2, 0.25) is 0 Å². The molecule has 3 rings (SSSR count). The summed E-state index contributed by atoms with van der Waals surface area (Å²) < 4.78 is 0. The van der Waals surface area contributed by atoms with Crippen molar-refractivity contribution in [1.29, 1.82) is 0 Å². The molecule has 0 radical (unpaired) electrons. The molecule has 7 heteroatoms. The molecule has 0 aromatic carbocycles. The first kappa shape index (κ1) is 13.4. The molecule has 4 amide bonds. The minimum absolute atomic E-state index is 0.0586. The van der Waals surface area contributed by atoms with Gasteiger partial charge in [-0.2, -0.15) is 0 Å². The molecule has 3 N–H and O–H groups in total. The molecule has 0 saturated carbocycles. The highest BCUT2D eigenvalue weighted by Crippen LogP contribution is 2.31. The van der Waals surface area contributed by atoms with Crippen LogP contribution in [-0.4, -0.2) is 53.5 Å². The van der Waals surface area contributed by atoms with Gasteiger partial charge in [-0.1, -0.05) is 6.92 Å². The summed E-state index contributed by atoms with van der Waals surface area (Å²) in [6, 6.07) is -0.464. The second kappa shape index (κ2) is 4.44. The van der Waals surface area contributed by atoms with Crippen molar-refractivity contribution < 1.29 is 14.4 Å². The van der Waals surface area contributed by atoms with E-state index in [4.69, 9.17) is 0 Å². The van der Waals surface area contributed by atoms with Crippen molar-refractivity contribution in [2.24, 2.45) is 0 Å². The quantitative estimate of drug-likeness (QED) is 0.585. The van der Waals surface area contributed by atoms with Gasteiger partial charge in [-0.3, -0.25) is 14.9 Å². The van der Waals surface area contributed by atoms with Crippen molar-refractivity contribution in [3.05, 3.63) is 0 Å². The molecule has 3 fully saturated rings. The first-order chi connectivity index (χ1) is 9.51. The molecule has 2 atom stereocenters. The normalized spacial score (nSPS) is 36.5. The van der Waals surface area contributed by atoms with Gasteiger partial charge in [0.05, 0.1) is 12.1 Å². The Hall–Kier alpha value is -1.63. The van der Waals surface area contributed by atoms with E-state index in [1.165, 1.54) is 0 Å². The predicted octanol–water partition coefficient (Wildman–Crippen LogP) is -0.671. The second-order valence-electron chi connectivity index (χ2n) is 5.93. The van der Waals surface area contributed by atoms with Crippen LogP contribution in [0.15, 0.2) is 0 Å². The molecule has 0 aromatic heterocycles. The van der Waals surface area contributed by atoms with Crippen molar-refractivity contribution in [2.45, 2.75) is 43.7 Å². The summed E-state index contributed by atoms with van der Waals surface area (Å²) in [4.78, 5) is 37.7. The zero-order chi connectivity index (χ0) is 14.4. The van der Waals surface area contributed by atoms with Crippen LogP contribution in [0, 0.1) is 0 Å². The summed E-state index contributed by atoms with van der Waals surface area (Å²) in [6.07, 6.45) is 3.06. The third-order valence-corrected chi connectivity index (χ3v) is 4.83. The summed E-state index contributed by atoms with van der Waals surface area (Å²) >= 11 is 0. The highest BCUT2D eigenvalue weighted by Gasteiger charge is 2.54. The van der Waals surface area contributed by atoms with Crippen molar-refractivity contribution >= 4 is 17.8 Å². The Balaban J connectivity index is 1.76. The van der Waals surface area contributed by atoms with Gasteiger partial charge in [0.15, 0.2) is 0 Å². The largest absolute Gasteiger partial charge is 0.338 e. The molecule has 0 aliphatic carbocycles. The van der Waals surface area contributed by atoms with E-state index in [1.807, 2.05) is 6.92 Å². The smallest absolute Gasteiger partial charge is 0.322 e. The third-order valence-electron chi connectivity index (χ3n) is 4.83. The van der Waals surface area contributed by atoms with E-state index in [9.17, 15) is 14.4 Å². The third kappa shape index (κ3) is 1.80. The van der Waals surface area contributed by atoms with E-state index >= 15 is 0 Å². The number of imide groups is 1. The molecule has 0 bridgehead atoms. The number of hydrogen-bond acceptors (Lipinski definition) is 4. The van der Waals surface area contributed by atoms with Crippen molar-refractivity contribution in [1.82, 2.24) is 20.9 Å². The number of carbonyl (C=O) groups is 3. The Morgan fingerprint density at radius 1 is 1.35 bits per heavy atom. The molecule has 20 heavy (non-hydrogen) atoms. The Morgan fingerprint density at radius 3 is 2.70 bits per heavy atom. The SMILES string of the molecule is CCC1(C(=O)N2CCC3(C2)NC(=O)NC3=O)CCCN1. The van der Waals surface area contributed by atoms with Gasteiger partial charge < -0.3 is 15.5 Å². The number of likely N-dealkylation sites (tertiary alicyclic amines) is 1. The zero-order valence-corrected chi connectivity index (χ0v) is 11.6. The number of carbonyl (C=O) groups excluding carboxylic acids is 3. The van der Waals surface area contributed by atoms with E-state index in [2.05, 4.69) is 16.0 Å². The summed E-state index contributed by atoms with van der Waals surface area (Å²) in [5, 5.41) is 8.25. The molecular weight excluding hydrogens is 260 g/mol. The van der Waals surface area contributed by atoms with Gasteiger partial charge >= 0.3 is 6.03 Å². The van der Waals surface area contributed by atoms with E-state index in [-0.39, 0.29) is 18.4 Å². The number of nitrogens with one attached hydrogen (secondary N) is 3. The lowest BCUT2D eigenvalue weighted by Gasteiger charge is -2.32. The second-order valence-corrected chi connectivity index (χ2v) is 5.93. The van der Waals surface area contributed by atoms with Gasteiger partial charge in [0, 0.05) is 6.54 Å². The predicted molar refractivity (Wildman–Crippen MR) is 70.9 cm³/mol. The molecule has 3 saturated heterocycles. The van der Waals surface area contributed by atoms with Crippen molar-refractivity contribution in [3.63, 3.8) is 0 Å². The number of hydrogen-bond donors (Lipinski definition) is 3. The van der Waals surface area contributed by atoms with Crippen LogP contribution >= 0.6 is 0 Å². The van der Waals surface area contributed by atoms with E-state index in [0.29, 0.717) is 13.0 Å². The van der Waals surface area contributed by atoms with Gasteiger partial charge in [0.2, 0.25) is 5.91 Å². The first-order valence-electron chi connectivity index (χ1n) is 7.19. The van der Waals surface area contributed by atoms with Crippen LogP contribution in [0.3, 0.4) is 0 Å². The Labute approximate surface area is 117 Å². The number of nitrogens with zero attached hydrogens (tertiary/aromatic N) is 1. The molecule has 3 heterocycles. The Kier molecular flexibility index (Phi) is 2.97. The van der Waals surface area contributed by atoms with Crippen LogP contribution in [-0.2, 0) is 9.59 Å². The lowest BCUT2D eigenvalue weighted by atomic mass is 9.92. The molecule has 2 unspecified atom stereocenters. The summed E-state index contributed by atoms with van der Waals surface area (Å²) in [5.41, 5.74) is -1.40.